The first kappa shape index (κ1) is 27.9. The van der Waals surface area contributed by atoms with Gasteiger partial charge in [0.05, 0.1) is 48.5 Å². The molecular formula is C30H34FN5O4S. The van der Waals surface area contributed by atoms with Gasteiger partial charge in [0.15, 0.2) is 5.78 Å². The first-order chi connectivity index (χ1) is 19.9. The Bertz CT molecular complexity index is 1370. The summed E-state index contributed by atoms with van der Waals surface area (Å²) in [7, 11) is 0. The van der Waals surface area contributed by atoms with E-state index in [1.165, 1.54) is 24.3 Å². The van der Waals surface area contributed by atoms with Crippen molar-refractivity contribution in [3.8, 4) is 0 Å². The first-order valence-corrected chi connectivity index (χ1v) is 15.0. The SMILES string of the molecule is O=C(c1ccc(F)cc1)C1CCN(CC(=O)N(Cc2nc3ccccc3s2)CC2NC(=O)C3COCCC3N2)CC1. The molecule has 2 amide bonds. The van der Waals surface area contributed by atoms with Crippen LogP contribution < -0.4 is 10.6 Å². The highest BCUT2D eigenvalue weighted by Gasteiger charge is 2.39. The number of halogens is 1. The van der Waals surface area contributed by atoms with Crippen molar-refractivity contribution in [3.63, 3.8) is 0 Å². The number of amides is 2. The van der Waals surface area contributed by atoms with E-state index in [-0.39, 0.29) is 54.0 Å². The molecular weight excluding hydrogens is 545 g/mol. The van der Waals surface area contributed by atoms with Crippen LogP contribution in [0.4, 0.5) is 4.39 Å². The van der Waals surface area contributed by atoms with Gasteiger partial charge in [0.1, 0.15) is 10.8 Å². The number of hydrogen-bond donors (Lipinski definition) is 2. The second kappa shape index (κ2) is 12.3. The maximum atomic E-state index is 13.7. The molecule has 3 unspecified atom stereocenters. The molecule has 4 heterocycles. The van der Waals surface area contributed by atoms with Crippen molar-refractivity contribution in [2.24, 2.45) is 11.8 Å². The normalized spacial score (nSPS) is 23.6. The van der Waals surface area contributed by atoms with Crippen molar-refractivity contribution in [2.45, 2.75) is 38.0 Å². The van der Waals surface area contributed by atoms with Crippen LogP contribution in [-0.2, 0) is 20.9 Å². The van der Waals surface area contributed by atoms with E-state index in [0.29, 0.717) is 57.8 Å². The number of rotatable bonds is 8. The number of carbonyl (C=O) groups is 3. The largest absolute Gasteiger partial charge is 0.381 e. The average Bonchev–Trinajstić information content (AvgIpc) is 3.40. The fourth-order valence-electron chi connectivity index (χ4n) is 5.99. The summed E-state index contributed by atoms with van der Waals surface area (Å²) in [6.45, 7) is 3.17. The molecule has 3 aliphatic heterocycles. The molecule has 9 nitrogen and oxygen atoms in total. The van der Waals surface area contributed by atoms with E-state index in [4.69, 9.17) is 9.72 Å². The summed E-state index contributed by atoms with van der Waals surface area (Å²) in [5.41, 5.74) is 1.43. The fraction of sp³-hybridized carbons (Fsp3) is 0.467. The highest BCUT2D eigenvalue weighted by molar-refractivity contribution is 7.18. The van der Waals surface area contributed by atoms with E-state index in [2.05, 4.69) is 15.5 Å². The highest BCUT2D eigenvalue weighted by Crippen LogP contribution is 2.25. The summed E-state index contributed by atoms with van der Waals surface area (Å²) in [6.07, 6.45) is 1.69. The quantitative estimate of drug-likeness (QED) is 0.396. The number of para-hydroxylation sites is 1. The number of nitrogens with one attached hydrogen (secondary N) is 2. The van der Waals surface area contributed by atoms with Gasteiger partial charge in [0, 0.05) is 24.1 Å². The van der Waals surface area contributed by atoms with Crippen LogP contribution in [0.25, 0.3) is 10.2 Å². The van der Waals surface area contributed by atoms with Gasteiger partial charge in [-0.1, -0.05) is 12.1 Å². The first-order valence-electron chi connectivity index (χ1n) is 14.2. The monoisotopic (exact) mass is 579 g/mol. The molecule has 11 heteroatoms. The van der Waals surface area contributed by atoms with E-state index >= 15 is 0 Å². The third kappa shape index (κ3) is 6.48. The molecule has 0 bridgehead atoms. The Labute approximate surface area is 242 Å². The smallest absolute Gasteiger partial charge is 0.237 e. The number of benzene rings is 2. The molecule has 0 saturated carbocycles. The Morgan fingerprint density at radius 2 is 1.88 bits per heavy atom. The standard InChI is InChI=1S/C30H34FN5O4S/c31-21-7-5-19(6-8-21)29(38)20-9-12-35(13-10-20)17-28(37)36(16-27-33-24-3-1-2-4-25(24)41-27)15-26-32-23-11-14-40-18-22(23)30(39)34-26/h1-8,20,22-23,26,32H,9-18H2,(H,34,39). The predicted octanol–water partition coefficient (Wildman–Crippen LogP) is 2.81. The summed E-state index contributed by atoms with van der Waals surface area (Å²) in [6, 6.07) is 13.6. The zero-order valence-electron chi connectivity index (χ0n) is 22.8. The van der Waals surface area contributed by atoms with Crippen LogP contribution in [0.15, 0.2) is 48.5 Å². The second-order valence-corrected chi connectivity index (χ2v) is 12.2. The lowest BCUT2D eigenvalue weighted by Crippen LogP contribution is -2.66. The number of carbonyl (C=O) groups excluding carboxylic acids is 3. The molecule has 3 fully saturated rings. The Hall–Kier alpha value is -3.25. The summed E-state index contributed by atoms with van der Waals surface area (Å²) in [5, 5.41) is 7.41. The molecule has 3 atom stereocenters. The Morgan fingerprint density at radius 3 is 2.66 bits per heavy atom. The van der Waals surface area contributed by atoms with Gasteiger partial charge in [-0.3, -0.25) is 24.6 Å². The van der Waals surface area contributed by atoms with Gasteiger partial charge in [-0.15, -0.1) is 11.3 Å². The molecule has 6 rings (SSSR count). The van der Waals surface area contributed by atoms with Crippen LogP contribution in [0.5, 0.6) is 0 Å². The number of ketones is 1. The van der Waals surface area contributed by atoms with E-state index in [0.717, 1.165) is 21.6 Å². The summed E-state index contributed by atoms with van der Waals surface area (Å²) in [4.78, 5) is 48.0. The summed E-state index contributed by atoms with van der Waals surface area (Å²) in [5.74, 6) is -0.775. The minimum Gasteiger partial charge on any atom is -0.381 e. The summed E-state index contributed by atoms with van der Waals surface area (Å²) < 4.78 is 19.8. The van der Waals surface area contributed by atoms with Crippen LogP contribution in [0.2, 0.25) is 0 Å². The third-order valence-electron chi connectivity index (χ3n) is 8.29. The zero-order valence-corrected chi connectivity index (χ0v) is 23.6. The fourth-order valence-corrected chi connectivity index (χ4v) is 6.98. The van der Waals surface area contributed by atoms with Gasteiger partial charge in [-0.25, -0.2) is 9.37 Å². The number of Topliss-reactive ketones (excluding diaryl/α,β-unsaturated/α-hetero) is 1. The maximum Gasteiger partial charge on any atom is 0.237 e. The third-order valence-corrected chi connectivity index (χ3v) is 9.31. The molecule has 3 aliphatic rings. The molecule has 3 saturated heterocycles. The van der Waals surface area contributed by atoms with Gasteiger partial charge in [0.25, 0.3) is 0 Å². The lowest BCUT2D eigenvalue weighted by atomic mass is 9.89. The predicted molar refractivity (Wildman–Crippen MR) is 153 cm³/mol. The van der Waals surface area contributed by atoms with Gasteiger partial charge >= 0.3 is 0 Å². The van der Waals surface area contributed by atoms with Gasteiger partial charge in [-0.2, -0.15) is 0 Å². The molecule has 0 radical (unpaired) electrons. The minimum atomic E-state index is -0.362. The van der Waals surface area contributed by atoms with E-state index in [1.54, 1.807) is 16.2 Å². The van der Waals surface area contributed by atoms with Crippen molar-refractivity contribution < 1.29 is 23.5 Å². The molecule has 0 spiro atoms. The Morgan fingerprint density at radius 1 is 1.10 bits per heavy atom. The van der Waals surface area contributed by atoms with Gasteiger partial charge in [-0.05, 0) is 68.8 Å². The molecule has 41 heavy (non-hydrogen) atoms. The van der Waals surface area contributed by atoms with E-state index in [9.17, 15) is 18.8 Å². The number of fused-ring (bicyclic) bond motifs is 2. The van der Waals surface area contributed by atoms with E-state index < -0.39 is 0 Å². The number of thiazole rings is 1. The molecule has 2 N–H and O–H groups in total. The number of nitrogens with zero attached hydrogens (tertiary/aromatic N) is 3. The Balaban J connectivity index is 1.11. The number of hydrogen-bond acceptors (Lipinski definition) is 8. The van der Waals surface area contributed by atoms with Crippen molar-refractivity contribution >= 4 is 39.2 Å². The van der Waals surface area contributed by atoms with Crippen LogP contribution in [-0.4, -0.2) is 84.0 Å². The Kier molecular flexibility index (Phi) is 8.38. The minimum absolute atomic E-state index is 0.0268. The number of ether oxygens (including phenoxy) is 1. The van der Waals surface area contributed by atoms with Crippen LogP contribution >= 0.6 is 11.3 Å². The molecule has 216 valence electrons. The van der Waals surface area contributed by atoms with Crippen molar-refractivity contribution in [2.75, 3.05) is 39.4 Å². The lowest BCUT2D eigenvalue weighted by molar-refractivity contribution is -0.139. The van der Waals surface area contributed by atoms with E-state index in [1.807, 2.05) is 24.3 Å². The summed E-state index contributed by atoms with van der Waals surface area (Å²) >= 11 is 1.57. The number of piperidine rings is 1. The average molecular weight is 580 g/mol. The molecule has 1 aromatic heterocycles. The number of aromatic nitrogens is 1. The number of likely N-dealkylation sites (tertiary alicyclic amines) is 1. The lowest BCUT2D eigenvalue weighted by Gasteiger charge is -2.41. The van der Waals surface area contributed by atoms with Crippen molar-refractivity contribution in [1.82, 2.24) is 25.4 Å². The highest BCUT2D eigenvalue weighted by atomic mass is 32.1. The van der Waals surface area contributed by atoms with Crippen LogP contribution in [0, 0.1) is 17.7 Å². The molecule has 2 aromatic carbocycles. The molecule has 0 aliphatic carbocycles. The van der Waals surface area contributed by atoms with Crippen LogP contribution in [0.3, 0.4) is 0 Å². The second-order valence-electron chi connectivity index (χ2n) is 11.1. The maximum absolute atomic E-state index is 13.7. The van der Waals surface area contributed by atoms with Crippen molar-refractivity contribution in [1.29, 1.82) is 0 Å². The topological polar surface area (TPSA) is 104 Å². The van der Waals surface area contributed by atoms with Crippen molar-refractivity contribution in [3.05, 3.63) is 64.9 Å². The van der Waals surface area contributed by atoms with Gasteiger partial charge in [0.2, 0.25) is 11.8 Å². The van der Waals surface area contributed by atoms with Crippen LogP contribution in [0.1, 0.15) is 34.6 Å². The zero-order chi connectivity index (χ0) is 28.3. The molecule has 3 aromatic rings. The van der Waals surface area contributed by atoms with Gasteiger partial charge < -0.3 is 15.0 Å².